The first-order valence-corrected chi connectivity index (χ1v) is 12.9. The Morgan fingerprint density at radius 3 is 2.49 bits per heavy atom. The van der Waals surface area contributed by atoms with E-state index in [-0.39, 0.29) is 18.7 Å². The second-order valence-electron chi connectivity index (χ2n) is 10.8. The van der Waals surface area contributed by atoms with Gasteiger partial charge in [0.15, 0.2) is 5.69 Å². The van der Waals surface area contributed by atoms with Crippen molar-refractivity contribution in [3.63, 3.8) is 0 Å². The highest BCUT2D eigenvalue weighted by Gasteiger charge is 2.42. The van der Waals surface area contributed by atoms with Crippen LogP contribution in [0.3, 0.4) is 0 Å². The zero-order valence-corrected chi connectivity index (χ0v) is 22.5. The summed E-state index contributed by atoms with van der Waals surface area (Å²) in [5, 5.41) is 4.41. The van der Waals surface area contributed by atoms with Crippen LogP contribution in [0.25, 0.3) is 22.0 Å². The largest absolute Gasteiger partial charge is 0.435 e. The Bertz CT molecular complexity index is 1590. The van der Waals surface area contributed by atoms with Crippen LogP contribution in [0.1, 0.15) is 48.5 Å². The fraction of sp³-hybridized carbons (Fsp3) is 0.379. The van der Waals surface area contributed by atoms with Crippen LogP contribution in [0.2, 0.25) is 0 Å². The van der Waals surface area contributed by atoms with E-state index in [0.717, 1.165) is 33.8 Å². The van der Waals surface area contributed by atoms with Crippen LogP contribution in [0.5, 0.6) is 0 Å². The second-order valence-corrected chi connectivity index (χ2v) is 10.8. The van der Waals surface area contributed by atoms with Gasteiger partial charge in [-0.25, -0.2) is 0 Å². The highest BCUT2D eigenvalue weighted by atomic mass is 19.4. The molecule has 12 heteroatoms. The molecule has 1 amide bonds. The van der Waals surface area contributed by atoms with E-state index < -0.39 is 47.6 Å². The van der Waals surface area contributed by atoms with Crippen molar-refractivity contribution in [3.8, 4) is 11.1 Å². The number of carbonyl (C=O) groups is 1. The Morgan fingerprint density at radius 1 is 1.07 bits per heavy atom. The van der Waals surface area contributed by atoms with Crippen LogP contribution in [-0.2, 0) is 33.8 Å². The van der Waals surface area contributed by atoms with E-state index in [0.29, 0.717) is 23.2 Å². The summed E-state index contributed by atoms with van der Waals surface area (Å²) in [7, 11) is 2.99. The fourth-order valence-corrected chi connectivity index (χ4v) is 5.38. The van der Waals surface area contributed by atoms with Gasteiger partial charge in [-0.2, -0.15) is 31.4 Å². The maximum absolute atomic E-state index is 13.6. The molecule has 6 nitrogen and oxygen atoms in total. The highest BCUT2D eigenvalue weighted by molar-refractivity contribution is 5.98. The molecule has 0 aliphatic carbocycles. The minimum Gasteiger partial charge on any atom is -0.372 e. The molecule has 2 aromatic carbocycles. The summed E-state index contributed by atoms with van der Waals surface area (Å²) in [6.45, 7) is 1.68. The van der Waals surface area contributed by atoms with Gasteiger partial charge in [-0.3, -0.25) is 9.48 Å². The van der Waals surface area contributed by atoms with E-state index in [2.05, 4.69) is 10.1 Å². The van der Waals surface area contributed by atoms with E-state index in [1.165, 1.54) is 25.1 Å². The molecule has 3 heterocycles. The molecule has 0 radical (unpaired) electrons. The normalized spacial score (nSPS) is 20.0. The average molecular weight is 579 g/mol. The quantitative estimate of drug-likeness (QED) is 0.260. The SMILES string of the molecule is CN(C)C(=O)Cn1nc(C(F)(F)F)cc1C1CC(C)(c2[nH]c3ccccc3c2-c2cccc(C(F)(F)F)c2)CCO1. The van der Waals surface area contributed by atoms with Crippen molar-refractivity contribution in [2.75, 3.05) is 20.7 Å². The molecule has 0 saturated carbocycles. The number of aromatic amines is 1. The monoisotopic (exact) mass is 578 g/mol. The zero-order valence-electron chi connectivity index (χ0n) is 22.5. The first-order chi connectivity index (χ1) is 19.2. The Morgan fingerprint density at radius 2 is 1.80 bits per heavy atom. The van der Waals surface area contributed by atoms with Crippen molar-refractivity contribution in [1.29, 1.82) is 0 Å². The summed E-state index contributed by atoms with van der Waals surface area (Å²) in [6, 6.07) is 13.3. The Labute approximate surface area is 231 Å². The summed E-state index contributed by atoms with van der Waals surface area (Å²) < 4.78 is 88.8. The van der Waals surface area contributed by atoms with Crippen molar-refractivity contribution < 1.29 is 35.9 Å². The van der Waals surface area contributed by atoms with Crippen LogP contribution in [0.4, 0.5) is 26.3 Å². The number of benzene rings is 2. The number of hydrogen-bond donors (Lipinski definition) is 1. The molecule has 2 unspecified atom stereocenters. The minimum atomic E-state index is -4.73. The van der Waals surface area contributed by atoms with Gasteiger partial charge < -0.3 is 14.6 Å². The first kappa shape index (κ1) is 28.7. The Kier molecular flexibility index (Phi) is 7.17. The first-order valence-electron chi connectivity index (χ1n) is 12.9. The molecule has 1 aliphatic heterocycles. The number of para-hydroxylation sites is 1. The van der Waals surface area contributed by atoms with Gasteiger partial charge in [-0.05, 0) is 42.7 Å². The molecule has 218 valence electrons. The van der Waals surface area contributed by atoms with E-state index in [4.69, 9.17) is 4.74 Å². The summed E-state index contributed by atoms with van der Waals surface area (Å²) in [6.07, 6.45) is -9.46. The molecule has 1 aliphatic rings. The molecule has 4 aromatic rings. The maximum atomic E-state index is 13.6. The minimum absolute atomic E-state index is 0.107. The van der Waals surface area contributed by atoms with Crippen LogP contribution < -0.4 is 0 Å². The smallest absolute Gasteiger partial charge is 0.372 e. The summed E-state index contributed by atoms with van der Waals surface area (Å²) in [4.78, 5) is 17.1. The van der Waals surface area contributed by atoms with Crippen LogP contribution in [0, 0.1) is 0 Å². The summed E-state index contributed by atoms with van der Waals surface area (Å²) >= 11 is 0. The lowest BCUT2D eigenvalue weighted by atomic mass is 9.74. The summed E-state index contributed by atoms with van der Waals surface area (Å²) in [5.74, 6) is -0.441. The van der Waals surface area contributed by atoms with Gasteiger partial charge in [-0.15, -0.1) is 0 Å². The molecule has 2 aromatic heterocycles. The number of fused-ring (bicyclic) bond motifs is 1. The molecule has 0 bridgehead atoms. The number of hydrogen-bond acceptors (Lipinski definition) is 3. The fourth-order valence-electron chi connectivity index (χ4n) is 5.38. The summed E-state index contributed by atoms with van der Waals surface area (Å²) in [5.41, 5.74) is -0.182. The van der Waals surface area contributed by atoms with Crippen molar-refractivity contribution >= 4 is 16.8 Å². The molecule has 5 rings (SSSR count). The van der Waals surface area contributed by atoms with Gasteiger partial charge in [0.1, 0.15) is 12.6 Å². The van der Waals surface area contributed by atoms with Gasteiger partial charge in [-0.1, -0.05) is 37.3 Å². The topological polar surface area (TPSA) is 63.2 Å². The maximum Gasteiger partial charge on any atom is 0.435 e. The lowest BCUT2D eigenvalue weighted by Gasteiger charge is -2.38. The average Bonchev–Trinajstić information content (AvgIpc) is 3.51. The van der Waals surface area contributed by atoms with Gasteiger partial charge in [0, 0.05) is 48.3 Å². The van der Waals surface area contributed by atoms with Gasteiger partial charge in [0.25, 0.3) is 0 Å². The molecule has 1 fully saturated rings. The number of halogens is 6. The van der Waals surface area contributed by atoms with Crippen LogP contribution in [-0.4, -0.2) is 46.3 Å². The van der Waals surface area contributed by atoms with Crippen molar-refractivity contribution in [1.82, 2.24) is 19.7 Å². The Balaban J connectivity index is 1.60. The number of nitrogens with one attached hydrogen (secondary N) is 1. The van der Waals surface area contributed by atoms with Crippen LogP contribution in [0.15, 0.2) is 54.6 Å². The third-order valence-electron chi connectivity index (χ3n) is 7.61. The molecule has 2 atom stereocenters. The zero-order chi connectivity index (χ0) is 29.7. The lowest BCUT2D eigenvalue weighted by Crippen LogP contribution is -2.35. The predicted octanol–water partition coefficient (Wildman–Crippen LogP) is 6.97. The number of H-pyrrole nitrogens is 1. The number of carbonyl (C=O) groups excluding carboxylic acids is 1. The number of alkyl halides is 6. The van der Waals surface area contributed by atoms with Crippen molar-refractivity contribution in [2.24, 2.45) is 0 Å². The molecular formula is C29H28F6N4O2. The molecule has 1 N–H and O–H groups in total. The standard InChI is InChI=1S/C29H28F6N4O2/c1-27(11-12-41-22(15-27)21-14-23(29(33,34)35)37-39(21)16-24(40)38(2)3)26-25(19-9-4-5-10-20(19)36-26)17-7-6-8-18(13-17)28(30,31)32/h4-10,13-14,22,36H,11-12,15-16H2,1-3H3. The van der Waals surface area contributed by atoms with E-state index >= 15 is 0 Å². The van der Waals surface area contributed by atoms with Crippen LogP contribution >= 0.6 is 0 Å². The van der Waals surface area contributed by atoms with E-state index in [9.17, 15) is 31.1 Å². The third kappa shape index (κ3) is 5.57. The number of ether oxygens (including phenoxy) is 1. The number of likely N-dealkylation sites (N-methyl/N-ethyl adjacent to an activating group) is 1. The molecule has 41 heavy (non-hydrogen) atoms. The third-order valence-corrected chi connectivity index (χ3v) is 7.61. The van der Waals surface area contributed by atoms with E-state index in [1.54, 1.807) is 12.1 Å². The predicted molar refractivity (Wildman–Crippen MR) is 140 cm³/mol. The number of nitrogens with zero attached hydrogens (tertiary/aromatic N) is 3. The lowest BCUT2D eigenvalue weighted by molar-refractivity contribution is -0.142. The van der Waals surface area contributed by atoms with Gasteiger partial charge in [0.05, 0.1) is 11.3 Å². The van der Waals surface area contributed by atoms with Gasteiger partial charge in [0.2, 0.25) is 5.91 Å². The Hall–Kier alpha value is -3.80. The highest BCUT2D eigenvalue weighted by Crippen LogP contribution is 2.48. The second kappa shape index (κ2) is 10.2. The molecule has 0 spiro atoms. The van der Waals surface area contributed by atoms with E-state index in [1.807, 2.05) is 25.1 Å². The van der Waals surface area contributed by atoms with Crippen molar-refractivity contribution in [2.45, 2.75) is 50.2 Å². The molecule has 1 saturated heterocycles. The van der Waals surface area contributed by atoms with Gasteiger partial charge >= 0.3 is 12.4 Å². The number of rotatable bonds is 5. The number of amides is 1. The molecular weight excluding hydrogens is 550 g/mol. The number of aromatic nitrogens is 3. The van der Waals surface area contributed by atoms with Crippen molar-refractivity contribution in [3.05, 3.63) is 77.2 Å².